The zero-order valence-corrected chi connectivity index (χ0v) is 16.6. The molecule has 0 saturated carbocycles. The molecule has 2 atom stereocenters. The Kier molecular flexibility index (Phi) is 5.41. The largest absolute Gasteiger partial charge is 0.480 e. The number of carboxylic acids is 1. The number of fused-ring (bicyclic) bond motifs is 1. The van der Waals surface area contributed by atoms with Crippen LogP contribution in [0.3, 0.4) is 0 Å². The second-order valence-electron chi connectivity index (χ2n) is 8.71. The molecule has 2 fully saturated rings. The van der Waals surface area contributed by atoms with Crippen LogP contribution in [0.1, 0.15) is 39.2 Å². The molecular formula is C20H27BN2O5. The molecule has 1 aromatic rings. The van der Waals surface area contributed by atoms with E-state index in [4.69, 9.17) is 4.74 Å². The molecule has 28 heavy (non-hydrogen) atoms. The van der Waals surface area contributed by atoms with Gasteiger partial charge >= 0.3 is 12.1 Å². The van der Waals surface area contributed by atoms with Gasteiger partial charge in [-0.25, -0.2) is 4.79 Å². The van der Waals surface area contributed by atoms with Gasteiger partial charge in [-0.1, -0.05) is 43.0 Å². The highest BCUT2D eigenvalue weighted by Crippen LogP contribution is 2.37. The van der Waals surface area contributed by atoms with Gasteiger partial charge in [-0.3, -0.25) is 9.59 Å². The zero-order chi connectivity index (χ0) is 20.5. The number of ether oxygens (including phenoxy) is 1. The third-order valence-electron chi connectivity index (χ3n) is 5.42. The van der Waals surface area contributed by atoms with Crippen molar-refractivity contribution in [2.45, 2.75) is 69.9 Å². The number of benzene rings is 1. The Labute approximate surface area is 165 Å². The molecule has 2 heterocycles. The highest BCUT2D eigenvalue weighted by Gasteiger charge is 2.55. The van der Waals surface area contributed by atoms with Crippen LogP contribution in [0.4, 0.5) is 4.79 Å². The van der Waals surface area contributed by atoms with Gasteiger partial charge in [-0.15, -0.1) is 0 Å². The van der Waals surface area contributed by atoms with Crippen LogP contribution < -0.4 is 5.32 Å². The van der Waals surface area contributed by atoms with Crippen LogP contribution in [-0.2, 0) is 20.7 Å². The summed E-state index contributed by atoms with van der Waals surface area (Å²) in [5.74, 6) is -1.33. The molecule has 0 aromatic heterocycles. The predicted molar refractivity (Wildman–Crippen MR) is 105 cm³/mol. The van der Waals surface area contributed by atoms with Crippen molar-refractivity contribution >= 4 is 24.8 Å². The number of carbonyl (C=O) groups is 3. The minimum absolute atomic E-state index is 0.0852. The molecule has 150 valence electrons. The van der Waals surface area contributed by atoms with Crippen molar-refractivity contribution in [2.75, 3.05) is 0 Å². The number of hydrogen-bond acceptors (Lipinski definition) is 4. The van der Waals surface area contributed by atoms with Crippen LogP contribution in [0.5, 0.6) is 0 Å². The molecule has 0 aliphatic carbocycles. The summed E-state index contributed by atoms with van der Waals surface area (Å²) >= 11 is 0. The fourth-order valence-corrected chi connectivity index (χ4v) is 4.25. The normalized spacial score (nSPS) is 24.7. The fourth-order valence-electron chi connectivity index (χ4n) is 4.25. The van der Waals surface area contributed by atoms with Crippen LogP contribution in [0.15, 0.2) is 30.3 Å². The van der Waals surface area contributed by atoms with E-state index in [1.54, 1.807) is 20.8 Å². The van der Waals surface area contributed by atoms with Gasteiger partial charge in [0, 0.05) is 6.42 Å². The first-order chi connectivity index (χ1) is 13.1. The molecule has 2 amide bonds. The highest BCUT2D eigenvalue weighted by molar-refractivity contribution is 6.61. The van der Waals surface area contributed by atoms with Crippen molar-refractivity contribution < 1.29 is 24.2 Å². The molecule has 2 aliphatic rings. The number of hydrogen-bond donors (Lipinski definition) is 2. The lowest BCUT2D eigenvalue weighted by Gasteiger charge is -2.44. The second kappa shape index (κ2) is 7.49. The van der Waals surface area contributed by atoms with Gasteiger partial charge < -0.3 is 20.0 Å². The monoisotopic (exact) mass is 386 g/mol. The number of alkyl carbamates (subject to hydrolysis) is 1. The molecule has 0 spiro atoms. The summed E-state index contributed by atoms with van der Waals surface area (Å²) in [5, 5.41) is 12.4. The number of nitrogens with zero attached hydrogens (tertiary/aromatic N) is 1. The van der Waals surface area contributed by atoms with Gasteiger partial charge in [0.2, 0.25) is 5.91 Å². The molecule has 1 unspecified atom stereocenters. The van der Waals surface area contributed by atoms with Gasteiger partial charge in [0.1, 0.15) is 17.2 Å². The first-order valence-corrected chi connectivity index (χ1v) is 9.72. The van der Waals surface area contributed by atoms with E-state index in [2.05, 4.69) is 5.32 Å². The van der Waals surface area contributed by atoms with Crippen molar-refractivity contribution in [3.8, 4) is 0 Å². The molecule has 3 rings (SSSR count). The molecule has 0 radical (unpaired) electrons. The van der Waals surface area contributed by atoms with E-state index in [0.717, 1.165) is 5.56 Å². The Morgan fingerprint density at radius 2 is 1.96 bits per heavy atom. The minimum Gasteiger partial charge on any atom is -0.480 e. The first-order valence-electron chi connectivity index (χ1n) is 9.72. The van der Waals surface area contributed by atoms with E-state index in [0.29, 0.717) is 31.9 Å². The lowest BCUT2D eigenvalue weighted by Crippen LogP contribution is -2.68. The van der Waals surface area contributed by atoms with E-state index in [9.17, 15) is 19.5 Å². The quantitative estimate of drug-likeness (QED) is 0.776. The minimum atomic E-state index is -1.21. The van der Waals surface area contributed by atoms with Crippen molar-refractivity contribution in [1.82, 2.24) is 10.1 Å². The van der Waals surface area contributed by atoms with E-state index < -0.39 is 29.2 Å². The third-order valence-corrected chi connectivity index (χ3v) is 5.42. The second-order valence-corrected chi connectivity index (χ2v) is 8.71. The smallest absolute Gasteiger partial charge is 0.408 e. The Morgan fingerprint density at radius 1 is 1.29 bits per heavy atom. The Balaban J connectivity index is 1.92. The SMILES string of the molecule is CC(C)(C)OC(=O)NC1(Cc2ccccc2)CCB2CC[C@@H](C(=O)O)N2C1=O. The Bertz CT molecular complexity index is 764. The van der Waals surface area contributed by atoms with Gasteiger partial charge in [0.15, 0.2) is 0 Å². The van der Waals surface area contributed by atoms with Crippen LogP contribution in [0, 0.1) is 0 Å². The maximum atomic E-state index is 13.5. The summed E-state index contributed by atoms with van der Waals surface area (Å²) in [6.07, 6.45) is 1.85. The average molecular weight is 386 g/mol. The molecule has 8 heteroatoms. The molecule has 7 nitrogen and oxygen atoms in total. The van der Waals surface area contributed by atoms with Crippen molar-refractivity contribution in [3.63, 3.8) is 0 Å². The summed E-state index contributed by atoms with van der Waals surface area (Å²) in [6.45, 7) is 5.19. The van der Waals surface area contributed by atoms with Crippen molar-refractivity contribution in [3.05, 3.63) is 35.9 Å². The molecule has 2 aliphatic heterocycles. The summed E-state index contributed by atoms with van der Waals surface area (Å²) in [5.41, 5.74) is -1.01. The molecule has 1 aromatic carbocycles. The summed E-state index contributed by atoms with van der Waals surface area (Å²) < 4.78 is 5.40. The number of amides is 2. The standard InChI is InChI=1S/C20H27BN2O5/c1-19(2,3)28-18(27)22-20(13-14-7-5-4-6-8-14)10-12-21-11-9-15(16(24)25)23(21)17(20)26/h4-8,15H,9-13H2,1-3H3,(H,22,27)(H,24,25)/t15-,20?/m0/s1. The average Bonchev–Trinajstić information content (AvgIpc) is 3.02. The van der Waals surface area contributed by atoms with Crippen molar-refractivity contribution in [1.29, 1.82) is 0 Å². The number of carbonyl (C=O) groups excluding carboxylic acids is 2. The van der Waals surface area contributed by atoms with E-state index >= 15 is 0 Å². The summed E-state index contributed by atoms with van der Waals surface area (Å²) in [7, 11) is 0. The van der Waals surface area contributed by atoms with Gasteiger partial charge in [0.05, 0.1) is 0 Å². The number of carboxylic acid groups (broad SMARTS) is 1. The van der Waals surface area contributed by atoms with Gasteiger partial charge in [-0.2, -0.15) is 0 Å². The molecule has 0 bridgehead atoms. The lowest BCUT2D eigenvalue weighted by atomic mass is 9.51. The first kappa shape index (κ1) is 20.2. The summed E-state index contributed by atoms with van der Waals surface area (Å²) in [6, 6.07) is 8.60. The van der Waals surface area contributed by atoms with E-state index in [-0.39, 0.29) is 12.8 Å². The predicted octanol–water partition coefficient (Wildman–Crippen LogP) is 2.57. The van der Waals surface area contributed by atoms with Crippen molar-refractivity contribution in [2.24, 2.45) is 0 Å². The Morgan fingerprint density at radius 3 is 2.57 bits per heavy atom. The number of rotatable bonds is 4. The molecule has 2 N–H and O–H groups in total. The number of nitrogens with one attached hydrogen (secondary N) is 1. The van der Waals surface area contributed by atoms with E-state index in [1.165, 1.54) is 4.81 Å². The fraction of sp³-hybridized carbons (Fsp3) is 0.550. The van der Waals surface area contributed by atoms with Gasteiger partial charge in [0.25, 0.3) is 6.85 Å². The molecular weight excluding hydrogens is 359 g/mol. The van der Waals surface area contributed by atoms with Crippen LogP contribution in [-0.4, -0.2) is 51.9 Å². The summed E-state index contributed by atoms with van der Waals surface area (Å²) in [4.78, 5) is 39.3. The third kappa shape index (κ3) is 4.15. The van der Waals surface area contributed by atoms with Crippen LogP contribution in [0.25, 0.3) is 0 Å². The molecule has 2 saturated heterocycles. The highest BCUT2D eigenvalue weighted by atomic mass is 16.6. The maximum absolute atomic E-state index is 13.5. The Hall–Kier alpha value is -2.51. The zero-order valence-electron chi connectivity index (χ0n) is 16.6. The van der Waals surface area contributed by atoms with Crippen LogP contribution in [0.2, 0.25) is 12.6 Å². The topological polar surface area (TPSA) is 95.9 Å². The number of aliphatic carboxylic acids is 1. The van der Waals surface area contributed by atoms with Gasteiger partial charge in [-0.05, 0) is 39.2 Å². The maximum Gasteiger partial charge on any atom is 0.408 e. The lowest BCUT2D eigenvalue weighted by molar-refractivity contribution is -0.148. The van der Waals surface area contributed by atoms with Crippen LogP contribution >= 0.6 is 0 Å². The van der Waals surface area contributed by atoms with E-state index in [1.807, 2.05) is 30.3 Å².